The number of hydrogen-bond donors (Lipinski definition) is 2. The van der Waals surface area contributed by atoms with Crippen molar-refractivity contribution in [1.82, 2.24) is 5.32 Å². The molecule has 2 N–H and O–H groups in total. The van der Waals surface area contributed by atoms with Gasteiger partial charge in [0.1, 0.15) is 0 Å². The number of rotatable bonds is 5. The number of carbonyl (C=O) groups is 2. The fourth-order valence-electron chi connectivity index (χ4n) is 2.76. The van der Waals surface area contributed by atoms with Crippen LogP contribution in [0.2, 0.25) is 5.02 Å². The van der Waals surface area contributed by atoms with E-state index in [4.69, 9.17) is 11.6 Å². The van der Waals surface area contributed by atoms with Gasteiger partial charge in [-0.3, -0.25) is 9.59 Å². The lowest BCUT2D eigenvalue weighted by Crippen LogP contribution is -2.36. The van der Waals surface area contributed by atoms with Gasteiger partial charge in [0, 0.05) is 16.3 Å². The maximum absolute atomic E-state index is 12.4. The normalized spacial score (nSPS) is 17.4. The van der Waals surface area contributed by atoms with Crippen LogP contribution in [0, 0.1) is 0 Å². The monoisotopic (exact) mass is 374 g/mol. The highest BCUT2D eigenvalue weighted by atomic mass is 35.5. The van der Waals surface area contributed by atoms with E-state index < -0.39 is 5.25 Å². The molecule has 0 saturated heterocycles. The van der Waals surface area contributed by atoms with Gasteiger partial charge < -0.3 is 10.6 Å². The molecule has 2 amide bonds. The Hall–Kier alpha value is -1.98. The Balaban J connectivity index is 1.64. The summed E-state index contributed by atoms with van der Waals surface area (Å²) in [6.45, 7) is 2.01. The summed E-state index contributed by atoms with van der Waals surface area (Å²) in [4.78, 5) is 25.7. The van der Waals surface area contributed by atoms with Crippen molar-refractivity contribution < 1.29 is 9.59 Å². The number of thioether (sulfide) groups is 1. The fraction of sp³-hybridized carbons (Fsp3) is 0.263. The molecule has 3 rings (SSSR count). The second kappa shape index (κ2) is 7.93. The largest absolute Gasteiger partial charge is 0.349 e. The maximum atomic E-state index is 12.4. The van der Waals surface area contributed by atoms with Crippen LogP contribution < -0.4 is 10.6 Å². The minimum absolute atomic E-state index is 0.0892. The number of carbonyl (C=O) groups excluding carboxylic acids is 2. The van der Waals surface area contributed by atoms with E-state index in [2.05, 4.69) is 10.6 Å². The molecule has 1 heterocycles. The van der Waals surface area contributed by atoms with Crippen molar-refractivity contribution in [3.8, 4) is 0 Å². The first-order valence-electron chi connectivity index (χ1n) is 8.18. The summed E-state index contributed by atoms with van der Waals surface area (Å²) in [6.07, 6.45) is 0.912. The molecule has 25 heavy (non-hydrogen) atoms. The molecule has 2 atom stereocenters. The molecule has 0 aliphatic carbocycles. The van der Waals surface area contributed by atoms with Gasteiger partial charge in [0.25, 0.3) is 0 Å². The second-order valence-electron chi connectivity index (χ2n) is 5.88. The van der Waals surface area contributed by atoms with Crippen molar-refractivity contribution in [2.45, 2.75) is 36.0 Å². The van der Waals surface area contributed by atoms with Gasteiger partial charge in [0.15, 0.2) is 0 Å². The summed E-state index contributed by atoms with van der Waals surface area (Å²) < 4.78 is 0. The lowest BCUT2D eigenvalue weighted by Gasteiger charge is -2.24. The topological polar surface area (TPSA) is 58.2 Å². The number of halogens is 1. The van der Waals surface area contributed by atoms with Gasteiger partial charge in [-0.2, -0.15) is 0 Å². The van der Waals surface area contributed by atoms with Crippen LogP contribution in [0.4, 0.5) is 5.69 Å². The smallest absolute Gasteiger partial charge is 0.238 e. The van der Waals surface area contributed by atoms with Crippen molar-refractivity contribution in [1.29, 1.82) is 0 Å². The summed E-state index contributed by atoms with van der Waals surface area (Å²) in [5.74, 6) is -0.257. The van der Waals surface area contributed by atoms with Crippen molar-refractivity contribution in [2.24, 2.45) is 0 Å². The quantitative estimate of drug-likeness (QED) is 0.814. The Bertz CT molecular complexity index is 779. The van der Waals surface area contributed by atoms with E-state index in [-0.39, 0.29) is 24.3 Å². The van der Waals surface area contributed by atoms with Gasteiger partial charge in [-0.05, 0) is 36.2 Å². The van der Waals surface area contributed by atoms with Crippen molar-refractivity contribution in [3.05, 3.63) is 59.1 Å². The molecule has 1 aliphatic heterocycles. The number of amides is 2. The zero-order valence-electron chi connectivity index (χ0n) is 13.8. The van der Waals surface area contributed by atoms with E-state index in [0.717, 1.165) is 22.6 Å². The van der Waals surface area contributed by atoms with Crippen molar-refractivity contribution in [3.63, 3.8) is 0 Å². The first-order valence-corrected chi connectivity index (χ1v) is 9.44. The maximum Gasteiger partial charge on any atom is 0.238 e. The molecule has 2 unspecified atom stereocenters. The van der Waals surface area contributed by atoms with Gasteiger partial charge in [-0.25, -0.2) is 0 Å². The molecule has 0 aromatic heterocycles. The van der Waals surface area contributed by atoms with Gasteiger partial charge in [0.2, 0.25) is 11.8 Å². The Labute approximate surface area is 156 Å². The molecular weight excluding hydrogens is 356 g/mol. The molecule has 2 aromatic carbocycles. The molecule has 0 radical (unpaired) electrons. The molecule has 0 bridgehead atoms. The van der Waals surface area contributed by atoms with Crippen molar-refractivity contribution >= 4 is 40.9 Å². The Morgan fingerprint density at radius 2 is 1.96 bits per heavy atom. The SMILES string of the molecule is CCC(NC(=O)CC1Sc2ccccc2NC1=O)c1ccc(Cl)cc1. The molecule has 2 aromatic rings. The fourth-order valence-corrected chi connectivity index (χ4v) is 4.00. The van der Waals surface area contributed by atoms with Crippen molar-refractivity contribution in [2.75, 3.05) is 5.32 Å². The van der Waals surface area contributed by atoms with Gasteiger partial charge in [-0.1, -0.05) is 42.8 Å². The minimum atomic E-state index is -0.419. The summed E-state index contributed by atoms with van der Waals surface area (Å²) in [7, 11) is 0. The average molecular weight is 375 g/mol. The minimum Gasteiger partial charge on any atom is -0.349 e. The van der Waals surface area contributed by atoms with Crippen LogP contribution in [0.3, 0.4) is 0 Å². The van der Waals surface area contributed by atoms with Crippen LogP contribution in [0.15, 0.2) is 53.4 Å². The summed E-state index contributed by atoms with van der Waals surface area (Å²) in [6, 6.07) is 15.0. The number of nitrogens with one attached hydrogen (secondary N) is 2. The number of anilines is 1. The zero-order valence-corrected chi connectivity index (χ0v) is 15.4. The van der Waals surface area contributed by atoms with Crippen LogP contribution in [-0.4, -0.2) is 17.1 Å². The summed E-state index contributed by atoms with van der Waals surface area (Å²) in [5.41, 5.74) is 1.81. The van der Waals surface area contributed by atoms with Crippen LogP contribution in [-0.2, 0) is 9.59 Å². The molecular formula is C19H19ClN2O2S. The molecule has 0 saturated carbocycles. The number of hydrogen-bond acceptors (Lipinski definition) is 3. The van der Waals surface area contributed by atoms with Gasteiger partial charge in [-0.15, -0.1) is 11.8 Å². The zero-order chi connectivity index (χ0) is 17.8. The molecule has 130 valence electrons. The highest BCUT2D eigenvalue weighted by Crippen LogP contribution is 2.36. The molecule has 6 heteroatoms. The third kappa shape index (κ3) is 4.35. The van der Waals surface area contributed by atoms with Crippen LogP contribution in [0.25, 0.3) is 0 Å². The van der Waals surface area contributed by atoms with E-state index in [1.807, 2.05) is 55.5 Å². The standard InChI is InChI=1S/C19H19ClN2O2S/c1-2-14(12-7-9-13(20)10-8-12)21-18(23)11-17-19(24)22-15-5-3-4-6-16(15)25-17/h3-10,14,17H,2,11H2,1H3,(H,21,23)(H,22,24). The Kier molecular flexibility index (Phi) is 5.66. The number of para-hydroxylation sites is 1. The van der Waals surface area contributed by atoms with E-state index in [1.54, 1.807) is 0 Å². The molecule has 0 fully saturated rings. The van der Waals surface area contributed by atoms with Gasteiger partial charge in [0.05, 0.1) is 17.0 Å². The summed E-state index contributed by atoms with van der Waals surface area (Å²) >= 11 is 7.35. The van der Waals surface area contributed by atoms with Gasteiger partial charge >= 0.3 is 0 Å². The Morgan fingerprint density at radius 3 is 2.68 bits per heavy atom. The second-order valence-corrected chi connectivity index (χ2v) is 7.56. The first kappa shape index (κ1) is 17.8. The highest BCUT2D eigenvalue weighted by Gasteiger charge is 2.29. The van der Waals surface area contributed by atoms with E-state index in [0.29, 0.717) is 5.02 Å². The number of fused-ring (bicyclic) bond motifs is 1. The molecule has 1 aliphatic rings. The van der Waals surface area contributed by atoms with Crippen LogP contribution in [0.5, 0.6) is 0 Å². The van der Waals surface area contributed by atoms with E-state index in [1.165, 1.54) is 11.8 Å². The average Bonchev–Trinajstić information content (AvgIpc) is 2.61. The van der Waals surface area contributed by atoms with E-state index in [9.17, 15) is 9.59 Å². The van der Waals surface area contributed by atoms with Crippen LogP contribution >= 0.6 is 23.4 Å². The van der Waals surface area contributed by atoms with Crippen LogP contribution in [0.1, 0.15) is 31.4 Å². The summed E-state index contributed by atoms with van der Waals surface area (Å²) in [5, 5.41) is 6.13. The first-order chi connectivity index (χ1) is 12.1. The predicted octanol–water partition coefficient (Wildman–Crippen LogP) is 4.41. The lowest BCUT2D eigenvalue weighted by atomic mass is 10.0. The van der Waals surface area contributed by atoms with E-state index >= 15 is 0 Å². The number of benzene rings is 2. The Morgan fingerprint density at radius 1 is 1.24 bits per heavy atom. The molecule has 0 spiro atoms. The molecule has 4 nitrogen and oxygen atoms in total. The predicted molar refractivity (Wildman–Crippen MR) is 102 cm³/mol. The third-order valence-electron chi connectivity index (χ3n) is 4.09. The highest BCUT2D eigenvalue weighted by molar-refractivity contribution is 8.01. The third-order valence-corrected chi connectivity index (χ3v) is 5.62. The lowest BCUT2D eigenvalue weighted by molar-refractivity contribution is -0.124.